The molecule has 2 aliphatic rings. The molecule has 160 valence electrons. The van der Waals surface area contributed by atoms with Gasteiger partial charge in [-0.3, -0.25) is 9.59 Å². The van der Waals surface area contributed by atoms with Crippen molar-refractivity contribution in [3.63, 3.8) is 0 Å². The monoisotopic (exact) mass is 438 g/mol. The van der Waals surface area contributed by atoms with Crippen molar-refractivity contribution in [2.24, 2.45) is 0 Å². The Morgan fingerprint density at radius 3 is 2.25 bits per heavy atom. The maximum atomic E-state index is 14.4. The molecule has 3 aromatic rings. The second-order valence-corrected chi connectivity index (χ2v) is 6.99. The number of rotatable bonds is 4. The van der Waals surface area contributed by atoms with Crippen LogP contribution in [0.1, 0.15) is 5.56 Å². The van der Waals surface area contributed by atoms with Gasteiger partial charge in [-0.05, 0) is 42.0 Å². The van der Waals surface area contributed by atoms with Crippen LogP contribution in [0, 0.1) is 17.5 Å². The molecule has 0 aromatic heterocycles. The lowest BCUT2D eigenvalue weighted by Gasteiger charge is -2.16. The van der Waals surface area contributed by atoms with Gasteiger partial charge in [-0.2, -0.15) is 0 Å². The number of fused-ring (bicyclic) bond motifs is 1. The van der Waals surface area contributed by atoms with Crippen molar-refractivity contribution < 1.29 is 32.2 Å². The fourth-order valence-electron chi connectivity index (χ4n) is 3.53. The number of nitrogens with one attached hydrogen (secondary N) is 1. The zero-order chi connectivity index (χ0) is 22.4. The second kappa shape index (κ2) is 7.45. The Hall–Kier alpha value is -4.27. The molecule has 6 nitrogen and oxygen atoms in total. The molecule has 0 unspecified atom stereocenters. The number of imide groups is 1. The van der Waals surface area contributed by atoms with Crippen LogP contribution in [-0.2, 0) is 9.59 Å². The highest BCUT2D eigenvalue weighted by Crippen LogP contribution is 2.38. The van der Waals surface area contributed by atoms with Crippen LogP contribution in [0.5, 0.6) is 11.5 Å². The number of hydrogen-bond acceptors (Lipinski definition) is 5. The van der Waals surface area contributed by atoms with Crippen molar-refractivity contribution >= 4 is 28.8 Å². The van der Waals surface area contributed by atoms with Crippen LogP contribution in [0.25, 0.3) is 5.57 Å². The van der Waals surface area contributed by atoms with Crippen LogP contribution in [0.2, 0.25) is 0 Å². The van der Waals surface area contributed by atoms with Crippen molar-refractivity contribution in [2.75, 3.05) is 17.0 Å². The van der Waals surface area contributed by atoms with Crippen molar-refractivity contribution in [1.29, 1.82) is 0 Å². The molecule has 0 saturated heterocycles. The summed E-state index contributed by atoms with van der Waals surface area (Å²) >= 11 is 0. The quantitative estimate of drug-likeness (QED) is 0.618. The molecule has 5 rings (SSSR count). The molecule has 3 aromatic carbocycles. The number of hydrogen-bond donors (Lipinski definition) is 1. The largest absolute Gasteiger partial charge is 0.454 e. The van der Waals surface area contributed by atoms with Gasteiger partial charge in [-0.15, -0.1) is 0 Å². The number of nitrogens with zero attached hydrogens (tertiary/aromatic N) is 1. The first-order valence-electron chi connectivity index (χ1n) is 9.43. The van der Waals surface area contributed by atoms with Crippen LogP contribution in [0.3, 0.4) is 0 Å². The van der Waals surface area contributed by atoms with E-state index in [0.717, 1.165) is 24.3 Å². The fraction of sp³-hybridized carbons (Fsp3) is 0.0435. The minimum absolute atomic E-state index is 0.0529. The van der Waals surface area contributed by atoms with E-state index in [0.29, 0.717) is 28.2 Å². The molecule has 0 spiro atoms. The number of carbonyl (C=O) groups is 2. The first-order valence-corrected chi connectivity index (χ1v) is 9.43. The molecule has 2 amide bonds. The smallest absolute Gasteiger partial charge is 0.282 e. The van der Waals surface area contributed by atoms with Crippen molar-refractivity contribution in [3.05, 3.63) is 89.4 Å². The average Bonchev–Trinajstić information content (AvgIpc) is 3.32. The summed E-state index contributed by atoms with van der Waals surface area (Å²) in [4.78, 5) is 27.1. The van der Waals surface area contributed by atoms with Gasteiger partial charge in [0.15, 0.2) is 11.5 Å². The molecule has 9 heteroatoms. The molecule has 32 heavy (non-hydrogen) atoms. The Morgan fingerprint density at radius 1 is 0.781 bits per heavy atom. The summed E-state index contributed by atoms with van der Waals surface area (Å²) in [6.45, 7) is 0.0529. The molecular formula is C23H13F3N2O4. The number of anilines is 2. The van der Waals surface area contributed by atoms with E-state index in [1.807, 2.05) is 0 Å². The molecule has 0 bridgehead atoms. The van der Waals surface area contributed by atoms with Crippen LogP contribution in [0.15, 0.2) is 66.4 Å². The van der Waals surface area contributed by atoms with Crippen LogP contribution in [-0.4, -0.2) is 18.6 Å². The van der Waals surface area contributed by atoms with Crippen molar-refractivity contribution in [1.82, 2.24) is 0 Å². The zero-order valence-electron chi connectivity index (χ0n) is 16.2. The van der Waals surface area contributed by atoms with Gasteiger partial charge in [0.05, 0.1) is 11.3 Å². The van der Waals surface area contributed by atoms with E-state index in [1.165, 1.54) is 12.1 Å². The summed E-state index contributed by atoms with van der Waals surface area (Å²) in [5.74, 6) is -3.18. The van der Waals surface area contributed by atoms with E-state index in [4.69, 9.17) is 9.47 Å². The normalized spacial score (nSPS) is 15.0. The minimum atomic E-state index is -1.07. The predicted molar refractivity (Wildman–Crippen MR) is 108 cm³/mol. The Balaban J connectivity index is 1.61. The third-order valence-electron chi connectivity index (χ3n) is 5.01. The lowest BCUT2D eigenvalue weighted by Crippen LogP contribution is -2.33. The number of halogens is 3. The standard InChI is InChI=1S/C23H13F3N2O4/c24-13-3-1-12(2-4-13)20-21(27-15-6-8-18-19(10-15)32-11-31-18)23(30)28(22(20)29)17-7-5-14(25)9-16(17)26/h1-10,27H,11H2. The van der Waals surface area contributed by atoms with E-state index in [-0.39, 0.29) is 23.6 Å². The van der Waals surface area contributed by atoms with E-state index in [2.05, 4.69) is 5.32 Å². The van der Waals surface area contributed by atoms with E-state index < -0.39 is 35.0 Å². The topological polar surface area (TPSA) is 67.9 Å². The Kier molecular flexibility index (Phi) is 4.58. The molecule has 0 fully saturated rings. The number of benzene rings is 3. The SMILES string of the molecule is O=C1C(Nc2ccc3c(c2)OCO3)=C(c2ccc(F)cc2)C(=O)N1c1ccc(F)cc1F. The maximum Gasteiger partial charge on any atom is 0.282 e. The molecule has 1 N–H and O–H groups in total. The summed E-state index contributed by atoms with van der Waals surface area (Å²) in [6.07, 6.45) is 0. The van der Waals surface area contributed by atoms with Crippen LogP contribution in [0.4, 0.5) is 24.5 Å². The Labute approximate surface area is 179 Å². The molecule has 2 heterocycles. The summed E-state index contributed by atoms with van der Waals surface area (Å²) in [5.41, 5.74) is 0.0218. The van der Waals surface area contributed by atoms with Gasteiger partial charge in [-0.1, -0.05) is 12.1 Å². The summed E-state index contributed by atoms with van der Waals surface area (Å²) in [6, 6.07) is 12.3. The lowest BCUT2D eigenvalue weighted by molar-refractivity contribution is -0.120. The van der Waals surface area contributed by atoms with Gasteiger partial charge < -0.3 is 14.8 Å². The molecule has 0 saturated carbocycles. The summed E-state index contributed by atoms with van der Waals surface area (Å²) in [5, 5.41) is 2.89. The number of carbonyl (C=O) groups excluding carboxylic acids is 2. The van der Waals surface area contributed by atoms with Gasteiger partial charge in [0.25, 0.3) is 11.8 Å². The first kappa shape index (κ1) is 19.7. The van der Waals surface area contributed by atoms with E-state index in [9.17, 15) is 22.8 Å². The fourth-order valence-corrected chi connectivity index (χ4v) is 3.53. The number of amides is 2. The average molecular weight is 438 g/mol. The van der Waals surface area contributed by atoms with Crippen LogP contribution < -0.4 is 19.7 Å². The molecular weight excluding hydrogens is 425 g/mol. The van der Waals surface area contributed by atoms with Gasteiger partial charge in [-0.25, -0.2) is 18.1 Å². The number of ether oxygens (including phenoxy) is 2. The molecule has 0 aliphatic carbocycles. The van der Waals surface area contributed by atoms with Crippen LogP contribution >= 0.6 is 0 Å². The van der Waals surface area contributed by atoms with E-state index >= 15 is 0 Å². The highest BCUT2D eigenvalue weighted by atomic mass is 19.1. The lowest BCUT2D eigenvalue weighted by atomic mass is 10.0. The van der Waals surface area contributed by atoms with Gasteiger partial charge in [0.2, 0.25) is 6.79 Å². The third-order valence-corrected chi connectivity index (χ3v) is 5.01. The van der Waals surface area contributed by atoms with Gasteiger partial charge in [0.1, 0.15) is 23.1 Å². The minimum Gasteiger partial charge on any atom is -0.454 e. The second-order valence-electron chi connectivity index (χ2n) is 6.99. The molecule has 0 radical (unpaired) electrons. The maximum absolute atomic E-state index is 14.4. The van der Waals surface area contributed by atoms with Crippen molar-refractivity contribution in [2.45, 2.75) is 0 Å². The molecule has 0 atom stereocenters. The Morgan fingerprint density at radius 2 is 1.50 bits per heavy atom. The predicted octanol–water partition coefficient (Wildman–Crippen LogP) is 4.23. The molecule has 2 aliphatic heterocycles. The third kappa shape index (κ3) is 3.24. The van der Waals surface area contributed by atoms with Crippen molar-refractivity contribution in [3.8, 4) is 11.5 Å². The first-order chi connectivity index (χ1) is 15.4. The Bertz CT molecular complexity index is 1310. The highest BCUT2D eigenvalue weighted by Gasteiger charge is 2.41. The van der Waals surface area contributed by atoms with Gasteiger partial charge >= 0.3 is 0 Å². The highest BCUT2D eigenvalue weighted by molar-refractivity contribution is 6.46. The summed E-state index contributed by atoms with van der Waals surface area (Å²) < 4.78 is 51.8. The summed E-state index contributed by atoms with van der Waals surface area (Å²) in [7, 11) is 0. The zero-order valence-corrected chi connectivity index (χ0v) is 16.2. The van der Waals surface area contributed by atoms with E-state index in [1.54, 1.807) is 18.2 Å². The van der Waals surface area contributed by atoms with Gasteiger partial charge in [0, 0.05) is 17.8 Å².